The fourth-order valence-electron chi connectivity index (χ4n) is 2.71. The summed E-state index contributed by atoms with van der Waals surface area (Å²) in [4.78, 5) is 15.3. The lowest BCUT2D eigenvalue weighted by Crippen LogP contribution is -2.20. The predicted octanol–water partition coefficient (Wildman–Crippen LogP) is 4.84. The number of nitrogens with zero attached hydrogens (tertiary/aromatic N) is 2. The van der Waals surface area contributed by atoms with E-state index in [-0.39, 0.29) is 30.3 Å². The van der Waals surface area contributed by atoms with Crippen LogP contribution in [0.1, 0.15) is 0 Å². The van der Waals surface area contributed by atoms with Gasteiger partial charge in [-0.3, -0.25) is 4.79 Å². The molecule has 2 heterocycles. The molecule has 0 unspecified atom stereocenters. The maximum atomic E-state index is 14.2. The molecule has 156 valence electrons. The number of hydrogen-bond acceptors (Lipinski definition) is 4. The highest BCUT2D eigenvalue weighted by Crippen LogP contribution is 2.94. The molecule has 29 heavy (non-hydrogen) atoms. The molecular weight excluding hydrogens is 405 g/mol. The van der Waals surface area contributed by atoms with Crippen molar-refractivity contribution in [2.24, 2.45) is 0 Å². The van der Waals surface area contributed by atoms with Gasteiger partial charge in [0.05, 0.1) is 21.0 Å². The molecule has 0 spiro atoms. The number of aliphatic hydroxyl groups excluding tert-OH is 1. The van der Waals surface area contributed by atoms with Gasteiger partial charge in [0, 0.05) is 48.6 Å². The van der Waals surface area contributed by atoms with Crippen LogP contribution in [-0.4, -0.2) is 33.8 Å². The van der Waals surface area contributed by atoms with Crippen molar-refractivity contribution in [1.29, 1.82) is 0 Å². The molecule has 1 N–H and O–H groups in total. The number of aromatic nitrogens is 2. The second-order valence-corrected chi connectivity index (χ2v) is 12.0. The van der Waals surface area contributed by atoms with Crippen molar-refractivity contribution in [3.8, 4) is 22.8 Å². The third-order valence-electron chi connectivity index (χ3n) is 4.18. The van der Waals surface area contributed by atoms with Crippen LogP contribution in [0.4, 0.5) is 11.7 Å². The van der Waals surface area contributed by atoms with E-state index < -0.39 is 14.3 Å². The van der Waals surface area contributed by atoms with Crippen LogP contribution in [0.3, 0.4) is 0 Å². The second kappa shape index (κ2) is 6.64. The topological polar surface area (TPSA) is 64.3 Å². The maximum Gasteiger partial charge on any atom is 0.250 e. The number of ether oxygens (including phenoxy) is 1. The molecule has 0 fully saturated rings. The number of rotatable bonds is 6. The van der Waals surface area contributed by atoms with Gasteiger partial charge in [-0.25, -0.2) is 4.98 Å². The normalized spacial score (nSPS) is 14.1. The highest BCUT2D eigenvalue weighted by molar-refractivity contribution is 8.52. The number of halogens is 3. The number of benzene rings is 1. The molecule has 9 heteroatoms. The van der Waals surface area contributed by atoms with Crippen molar-refractivity contribution in [2.75, 3.05) is 19.1 Å². The summed E-state index contributed by atoms with van der Waals surface area (Å²) in [6, 6.07) is 10.9. The van der Waals surface area contributed by atoms with Gasteiger partial charge >= 0.3 is 0 Å². The molecule has 3 aromatic rings. The average molecular weight is 426 g/mol. The summed E-state index contributed by atoms with van der Waals surface area (Å²) in [6.45, 7) is -0.0511. The summed E-state index contributed by atoms with van der Waals surface area (Å²) in [6.07, 6.45) is 3.73. The van der Waals surface area contributed by atoms with Crippen LogP contribution in [0.5, 0.6) is 11.6 Å². The highest BCUT2D eigenvalue weighted by atomic mass is 32.4. The number of aliphatic hydroxyl groups is 1. The lowest BCUT2D eigenvalue weighted by molar-refractivity contribution is 0.274. The Kier molecular flexibility index (Phi) is 4.79. The summed E-state index contributed by atoms with van der Waals surface area (Å²) in [5.74, 6) is 0.397. The van der Waals surface area contributed by atoms with E-state index in [1.54, 1.807) is 24.4 Å². The maximum absolute atomic E-state index is 14.2. The highest BCUT2D eigenvalue weighted by Gasteiger charge is 2.53. The van der Waals surface area contributed by atoms with E-state index in [4.69, 9.17) is 9.84 Å². The Hall–Kier alpha value is -2.78. The molecule has 0 amide bonds. The zero-order valence-corrected chi connectivity index (χ0v) is 16.7. The minimum Gasteiger partial charge on any atom is -0.438 e. The Morgan fingerprint density at radius 2 is 1.76 bits per heavy atom. The molecule has 0 saturated heterocycles. The lowest BCUT2D eigenvalue weighted by Gasteiger charge is -2.51. The summed E-state index contributed by atoms with van der Waals surface area (Å²) in [7, 11) is -6.76. The van der Waals surface area contributed by atoms with Crippen LogP contribution < -0.4 is 10.3 Å². The average Bonchev–Trinajstić information content (AvgIpc) is 2.63. The first-order valence-electron chi connectivity index (χ1n) is 8.67. The molecule has 1 aromatic carbocycles. The third-order valence-corrected chi connectivity index (χ3v) is 5.93. The van der Waals surface area contributed by atoms with Gasteiger partial charge in [0.2, 0.25) is 5.88 Å². The Bertz CT molecular complexity index is 1100. The Labute approximate surface area is 165 Å². The van der Waals surface area contributed by atoms with Crippen molar-refractivity contribution in [2.45, 2.75) is 11.4 Å². The van der Waals surface area contributed by atoms with Gasteiger partial charge in [-0.1, -0.05) is 0 Å². The van der Waals surface area contributed by atoms with E-state index >= 15 is 0 Å². The zero-order valence-electron chi connectivity index (χ0n) is 15.9. The summed E-state index contributed by atoms with van der Waals surface area (Å²) in [5, 5.41) is 9.10. The van der Waals surface area contributed by atoms with Crippen LogP contribution in [0, 0.1) is 0 Å². The van der Waals surface area contributed by atoms with Gasteiger partial charge in [0.15, 0.2) is 0 Å². The monoisotopic (exact) mass is 426 g/mol. The first kappa shape index (κ1) is 20.9. The minimum absolute atomic E-state index is 0.139. The smallest absolute Gasteiger partial charge is 0.250 e. The molecular formula is C20H21F3N2O3S. The summed E-state index contributed by atoms with van der Waals surface area (Å²) >= 11 is 0. The first-order valence-corrected chi connectivity index (χ1v) is 11.6. The number of pyridine rings is 2. The van der Waals surface area contributed by atoms with Crippen LogP contribution in [0.15, 0.2) is 70.6 Å². The Balaban J connectivity index is 1.95. The van der Waals surface area contributed by atoms with Gasteiger partial charge in [0.1, 0.15) is 5.75 Å². The van der Waals surface area contributed by atoms with Gasteiger partial charge in [-0.05, 0) is 42.5 Å². The summed E-state index contributed by atoms with van der Waals surface area (Å²) < 4.78 is 49.6. The largest absolute Gasteiger partial charge is 0.438 e. The molecule has 2 aromatic heterocycles. The summed E-state index contributed by atoms with van der Waals surface area (Å²) in [5.41, 5.74) is 0.924. The molecule has 0 bridgehead atoms. The Morgan fingerprint density at radius 3 is 2.38 bits per heavy atom. The molecule has 0 aliphatic heterocycles. The van der Waals surface area contributed by atoms with Crippen molar-refractivity contribution < 1.29 is 21.5 Å². The van der Waals surface area contributed by atoms with E-state index in [1.807, 2.05) is 0 Å². The van der Waals surface area contributed by atoms with Crippen molar-refractivity contribution >= 4 is 9.45 Å². The second-order valence-electron chi connectivity index (χ2n) is 7.25. The SMILES string of the molecule is CS(C)(F)(F)(F)c1ccc(Oc2ncccc2-c2ccc(=O)n(CCO)c2)cc1. The molecule has 0 aliphatic rings. The molecule has 0 radical (unpaired) electrons. The van der Waals surface area contributed by atoms with Crippen molar-refractivity contribution in [3.05, 3.63) is 71.3 Å². The van der Waals surface area contributed by atoms with Crippen molar-refractivity contribution in [1.82, 2.24) is 9.55 Å². The predicted molar refractivity (Wildman–Crippen MR) is 109 cm³/mol. The molecule has 0 saturated carbocycles. The van der Waals surface area contributed by atoms with Crippen LogP contribution in [0.2, 0.25) is 0 Å². The van der Waals surface area contributed by atoms with Crippen LogP contribution in [-0.2, 0) is 6.54 Å². The fourth-order valence-corrected chi connectivity index (χ4v) is 3.70. The minimum atomic E-state index is -6.76. The zero-order chi connectivity index (χ0) is 21.3. The van der Waals surface area contributed by atoms with E-state index in [0.717, 1.165) is 12.1 Å². The van der Waals surface area contributed by atoms with E-state index in [0.29, 0.717) is 23.6 Å². The van der Waals surface area contributed by atoms with Crippen molar-refractivity contribution in [3.63, 3.8) is 0 Å². The molecule has 5 nitrogen and oxygen atoms in total. The quantitative estimate of drug-likeness (QED) is 0.613. The molecule has 3 rings (SSSR count). The molecule has 0 atom stereocenters. The van der Waals surface area contributed by atoms with E-state index in [1.165, 1.54) is 29.0 Å². The van der Waals surface area contributed by atoms with Gasteiger partial charge in [-0.2, -0.15) is 0 Å². The lowest BCUT2D eigenvalue weighted by atomic mass is 10.1. The van der Waals surface area contributed by atoms with E-state index in [2.05, 4.69) is 4.98 Å². The van der Waals surface area contributed by atoms with E-state index in [9.17, 15) is 16.5 Å². The standard InChI is InChI=1S/C20H21F3N2O3S/c1-29(2,21,22,23)17-8-6-16(7-9-17)28-20-18(4-3-11-24-20)15-5-10-19(27)25(14-15)12-13-26/h3-11,14,26H,12-13H2,1-2H3. The van der Waals surface area contributed by atoms with Gasteiger partial charge in [0.25, 0.3) is 5.56 Å². The fraction of sp³-hybridized carbons (Fsp3) is 0.200. The first-order chi connectivity index (χ1) is 13.4. The Morgan fingerprint density at radius 1 is 1.07 bits per heavy atom. The van der Waals surface area contributed by atoms with Crippen LogP contribution >= 0.6 is 9.45 Å². The number of hydrogen-bond donors (Lipinski definition) is 1. The third kappa shape index (κ3) is 4.99. The van der Waals surface area contributed by atoms with Gasteiger partial charge < -0.3 is 14.4 Å². The van der Waals surface area contributed by atoms with Crippen LogP contribution in [0.25, 0.3) is 11.1 Å². The molecule has 0 aliphatic carbocycles. The van der Waals surface area contributed by atoms with Gasteiger partial charge in [-0.15, -0.1) is 11.7 Å².